The Hall–Kier alpha value is -0.830. The summed E-state index contributed by atoms with van der Waals surface area (Å²) in [5.41, 5.74) is 3.91. The Morgan fingerprint density at radius 3 is 2.53 bits per heavy atom. The molecule has 3 heteroatoms. The van der Waals surface area contributed by atoms with Crippen molar-refractivity contribution in [3.8, 4) is 0 Å². The van der Waals surface area contributed by atoms with Crippen LogP contribution in [-0.2, 0) is 6.54 Å². The third-order valence-electron chi connectivity index (χ3n) is 4.61. The molecule has 1 unspecified atom stereocenters. The van der Waals surface area contributed by atoms with Gasteiger partial charge in [-0.25, -0.2) is 0 Å². The van der Waals surface area contributed by atoms with E-state index in [1.807, 2.05) is 0 Å². The van der Waals surface area contributed by atoms with Gasteiger partial charge in [-0.15, -0.1) is 0 Å². The summed E-state index contributed by atoms with van der Waals surface area (Å²) in [6.45, 7) is 10.9. The molecule has 0 spiro atoms. The molecule has 1 atom stereocenters. The number of aromatic nitrogens is 2. The van der Waals surface area contributed by atoms with Gasteiger partial charge in [-0.05, 0) is 53.0 Å². The Balaban J connectivity index is 1.95. The lowest BCUT2D eigenvalue weighted by Gasteiger charge is -2.24. The molecule has 1 saturated carbocycles. The lowest BCUT2D eigenvalue weighted by Crippen LogP contribution is -2.27. The monoisotopic (exact) mass is 263 g/mol. The van der Waals surface area contributed by atoms with Crippen LogP contribution in [0.2, 0.25) is 0 Å². The third-order valence-corrected chi connectivity index (χ3v) is 4.61. The molecule has 1 fully saturated rings. The number of hydrogen-bond acceptors (Lipinski definition) is 2. The maximum absolute atomic E-state index is 4.62. The van der Waals surface area contributed by atoms with Crippen LogP contribution in [0, 0.1) is 19.8 Å². The van der Waals surface area contributed by atoms with Crippen molar-refractivity contribution in [1.29, 1.82) is 0 Å². The van der Waals surface area contributed by atoms with Gasteiger partial charge in [0.2, 0.25) is 0 Å². The molecule has 1 aliphatic rings. The second-order valence-corrected chi connectivity index (χ2v) is 6.03. The van der Waals surface area contributed by atoms with Gasteiger partial charge in [0.05, 0.1) is 5.69 Å². The van der Waals surface area contributed by atoms with Crippen LogP contribution in [0.3, 0.4) is 0 Å². The van der Waals surface area contributed by atoms with E-state index in [4.69, 9.17) is 0 Å². The van der Waals surface area contributed by atoms with E-state index in [0.717, 1.165) is 19.0 Å². The van der Waals surface area contributed by atoms with Gasteiger partial charge in [-0.1, -0.05) is 19.3 Å². The Morgan fingerprint density at radius 2 is 1.95 bits per heavy atom. The summed E-state index contributed by atoms with van der Waals surface area (Å²) in [5.74, 6) is 0.887. The van der Waals surface area contributed by atoms with Crippen molar-refractivity contribution < 1.29 is 0 Å². The fourth-order valence-electron chi connectivity index (χ4n) is 3.48. The number of nitrogens with zero attached hydrogens (tertiary/aromatic N) is 2. The van der Waals surface area contributed by atoms with Crippen LogP contribution in [-0.4, -0.2) is 16.3 Å². The molecule has 0 aromatic carbocycles. The van der Waals surface area contributed by atoms with Crippen molar-refractivity contribution in [2.75, 3.05) is 6.54 Å². The summed E-state index contributed by atoms with van der Waals surface area (Å²) < 4.78 is 2.11. The second-order valence-electron chi connectivity index (χ2n) is 6.03. The number of hydrogen-bond donors (Lipinski definition) is 1. The van der Waals surface area contributed by atoms with Crippen LogP contribution in [0.15, 0.2) is 0 Å². The topological polar surface area (TPSA) is 29.9 Å². The zero-order chi connectivity index (χ0) is 13.8. The Bertz CT molecular complexity index is 402. The standard InChI is InChI=1S/C16H29N3/c1-5-19-14(4)16(13(3)18-19)12(2)17-11-15-9-7-6-8-10-15/h12,15,17H,5-11H2,1-4H3. The molecule has 1 aromatic rings. The van der Waals surface area contributed by atoms with E-state index >= 15 is 0 Å². The first kappa shape index (κ1) is 14.6. The Labute approximate surface area is 117 Å². The van der Waals surface area contributed by atoms with Gasteiger partial charge in [0.15, 0.2) is 0 Å². The predicted molar refractivity (Wildman–Crippen MR) is 80.4 cm³/mol. The maximum Gasteiger partial charge on any atom is 0.0644 e. The first-order valence-electron chi connectivity index (χ1n) is 7.90. The van der Waals surface area contributed by atoms with Gasteiger partial charge in [-0.2, -0.15) is 5.10 Å². The van der Waals surface area contributed by atoms with E-state index in [-0.39, 0.29) is 0 Å². The van der Waals surface area contributed by atoms with Crippen molar-refractivity contribution >= 4 is 0 Å². The highest BCUT2D eigenvalue weighted by Gasteiger charge is 2.19. The van der Waals surface area contributed by atoms with Crippen LogP contribution in [0.4, 0.5) is 0 Å². The number of aryl methyl sites for hydroxylation is 2. The molecule has 3 nitrogen and oxygen atoms in total. The molecule has 1 aromatic heterocycles. The lowest BCUT2D eigenvalue weighted by atomic mass is 9.89. The van der Waals surface area contributed by atoms with E-state index in [1.54, 1.807) is 0 Å². The van der Waals surface area contributed by atoms with Crippen LogP contribution < -0.4 is 5.32 Å². The quantitative estimate of drug-likeness (QED) is 0.877. The SMILES string of the molecule is CCn1nc(C)c(C(C)NCC2CCCCC2)c1C. The summed E-state index contributed by atoms with van der Waals surface area (Å²) in [4.78, 5) is 0. The third kappa shape index (κ3) is 3.38. The van der Waals surface area contributed by atoms with E-state index in [1.165, 1.54) is 49.1 Å². The Morgan fingerprint density at radius 1 is 1.26 bits per heavy atom. The highest BCUT2D eigenvalue weighted by molar-refractivity contribution is 5.27. The summed E-state index contributed by atoms with van der Waals surface area (Å²) >= 11 is 0. The van der Waals surface area contributed by atoms with Crippen molar-refractivity contribution in [1.82, 2.24) is 15.1 Å². The molecule has 0 radical (unpaired) electrons. The summed E-state index contributed by atoms with van der Waals surface area (Å²) in [6.07, 6.45) is 7.10. The number of rotatable bonds is 5. The average Bonchev–Trinajstić information content (AvgIpc) is 2.72. The summed E-state index contributed by atoms with van der Waals surface area (Å²) in [6, 6.07) is 0.419. The smallest absolute Gasteiger partial charge is 0.0644 e. The van der Waals surface area contributed by atoms with Crippen molar-refractivity contribution in [3.05, 3.63) is 17.0 Å². The normalized spacial score (nSPS) is 18.7. The van der Waals surface area contributed by atoms with E-state index in [0.29, 0.717) is 6.04 Å². The van der Waals surface area contributed by atoms with E-state index in [9.17, 15) is 0 Å². The molecule has 0 aliphatic heterocycles. The zero-order valence-corrected chi connectivity index (χ0v) is 13.0. The minimum atomic E-state index is 0.419. The highest BCUT2D eigenvalue weighted by atomic mass is 15.3. The van der Waals surface area contributed by atoms with Gasteiger partial charge >= 0.3 is 0 Å². The largest absolute Gasteiger partial charge is 0.310 e. The van der Waals surface area contributed by atoms with Crippen molar-refractivity contribution in [3.63, 3.8) is 0 Å². The first-order chi connectivity index (χ1) is 9.13. The Kier molecular flexibility index (Phi) is 5.03. The van der Waals surface area contributed by atoms with Gasteiger partial charge in [-0.3, -0.25) is 4.68 Å². The van der Waals surface area contributed by atoms with Gasteiger partial charge in [0.25, 0.3) is 0 Å². The maximum atomic E-state index is 4.62. The van der Waals surface area contributed by atoms with E-state index < -0.39 is 0 Å². The summed E-state index contributed by atoms with van der Waals surface area (Å²) in [7, 11) is 0. The lowest BCUT2D eigenvalue weighted by molar-refractivity contribution is 0.331. The van der Waals surface area contributed by atoms with E-state index in [2.05, 4.69) is 42.8 Å². The molecule has 1 aliphatic carbocycles. The van der Waals surface area contributed by atoms with Gasteiger partial charge in [0.1, 0.15) is 0 Å². The fraction of sp³-hybridized carbons (Fsp3) is 0.812. The molecule has 1 heterocycles. The zero-order valence-electron chi connectivity index (χ0n) is 13.0. The molecule has 0 bridgehead atoms. The molecular weight excluding hydrogens is 234 g/mol. The molecule has 0 saturated heterocycles. The van der Waals surface area contributed by atoms with Crippen LogP contribution in [0.1, 0.15) is 68.9 Å². The molecule has 2 rings (SSSR count). The molecular formula is C16H29N3. The average molecular weight is 263 g/mol. The first-order valence-corrected chi connectivity index (χ1v) is 7.90. The highest BCUT2D eigenvalue weighted by Crippen LogP contribution is 2.25. The minimum absolute atomic E-state index is 0.419. The van der Waals surface area contributed by atoms with Crippen LogP contribution in [0.25, 0.3) is 0 Å². The van der Waals surface area contributed by atoms with Gasteiger partial charge in [0, 0.05) is 23.8 Å². The van der Waals surface area contributed by atoms with Gasteiger partial charge < -0.3 is 5.32 Å². The summed E-state index contributed by atoms with van der Waals surface area (Å²) in [5, 5.41) is 8.36. The van der Waals surface area contributed by atoms with Crippen LogP contribution in [0.5, 0.6) is 0 Å². The second kappa shape index (κ2) is 6.56. The fourth-order valence-corrected chi connectivity index (χ4v) is 3.48. The molecule has 108 valence electrons. The number of nitrogens with one attached hydrogen (secondary N) is 1. The molecule has 1 N–H and O–H groups in total. The predicted octanol–water partition coefficient (Wildman–Crippen LogP) is 3.75. The van der Waals surface area contributed by atoms with Crippen molar-refractivity contribution in [2.45, 2.75) is 72.4 Å². The molecule has 0 amide bonds. The minimum Gasteiger partial charge on any atom is -0.310 e. The van der Waals surface area contributed by atoms with Crippen molar-refractivity contribution in [2.24, 2.45) is 5.92 Å². The molecule has 19 heavy (non-hydrogen) atoms. The van der Waals surface area contributed by atoms with Crippen LogP contribution >= 0.6 is 0 Å².